The van der Waals surface area contributed by atoms with Crippen molar-refractivity contribution in [2.75, 3.05) is 40.9 Å². The second-order valence-electron chi connectivity index (χ2n) is 27.1. The summed E-state index contributed by atoms with van der Waals surface area (Å²) in [5.41, 5.74) is 0. The van der Waals surface area contributed by atoms with E-state index in [9.17, 15) is 19.0 Å². The molecule has 0 aliphatic carbocycles. The predicted molar refractivity (Wildman–Crippen MR) is 385 cm³/mol. The topological polar surface area (TPSA) is 114 Å². The molecule has 0 aromatic carbocycles. The summed E-state index contributed by atoms with van der Waals surface area (Å²) in [6, 6.07) is -0.893. The number of allylic oxidation sites excluding steroid dienone is 11. The van der Waals surface area contributed by atoms with Crippen LogP contribution in [0.25, 0.3) is 0 Å². The van der Waals surface area contributed by atoms with E-state index < -0.39 is 20.0 Å². The molecule has 0 saturated carbocycles. The van der Waals surface area contributed by atoms with Crippen LogP contribution in [0.1, 0.15) is 367 Å². The Balaban J connectivity index is 5.00. The second-order valence-corrected chi connectivity index (χ2v) is 28.6. The Labute approximate surface area is 553 Å². The molecule has 3 atom stereocenters. The summed E-state index contributed by atoms with van der Waals surface area (Å²) in [7, 11) is 1.19. The number of nitrogens with one attached hydrogen (secondary N) is 1. The van der Waals surface area contributed by atoms with Gasteiger partial charge in [0.05, 0.1) is 33.8 Å². The molecule has 0 aromatic heterocycles. The fourth-order valence-electron chi connectivity index (χ4n) is 11.2. The maximum atomic E-state index is 13.6. The predicted octanol–water partition coefficient (Wildman–Crippen LogP) is 24.1. The molecule has 0 heterocycles. The van der Waals surface area contributed by atoms with Crippen molar-refractivity contribution in [3.63, 3.8) is 0 Å². The zero-order chi connectivity index (χ0) is 64.9. The standard InChI is InChI=1S/C79H147N2O7P/c1-7-10-13-16-19-22-25-28-30-32-34-36-38-39-40-41-43-45-47-49-51-54-57-60-63-66-69-72-79(83)88-77(70-67-64-61-58-55-52-27-24-21-18-15-12-9-3)76(75-87-89(84,85)86-74-73-81(4,5)6)80-78(82)71-68-65-62-59-56-53-50-48-46-44-42-37-35-33-31-29-26-23-20-17-14-11-8-2/h19-20,22-23,28-31,35,37,67,70,76-77H,7-18,21,24-27,32-34,36,38-66,68-69,71-75H2,1-6H3,(H-,80,82,84,85)/b22-19-,23-20-,30-28-,31-29-,37-35-,70-67+. The number of phosphoric ester groups is 1. The lowest BCUT2D eigenvalue weighted by atomic mass is 10.0. The number of unbranched alkanes of at least 4 members (excludes halogenated alkanes) is 44. The number of phosphoric acid groups is 1. The molecule has 0 saturated heterocycles. The van der Waals surface area contributed by atoms with Crippen LogP contribution in [0.3, 0.4) is 0 Å². The molecule has 1 N–H and O–H groups in total. The van der Waals surface area contributed by atoms with E-state index in [1.54, 1.807) is 0 Å². The molecule has 0 aliphatic heterocycles. The highest BCUT2D eigenvalue weighted by atomic mass is 31.2. The zero-order valence-corrected chi connectivity index (χ0v) is 60.5. The molecule has 0 fully saturated rings. The molecule has 0 bridgehead atoms. The highest BCUT2D eigenvalue weighted by molar-refractivity contribution is 7.45. The van der Waals surface area contributed by atoms with Crippen LogP contribution in [0, 0.1) is 0 Å². The number of ether oxygens (including phenoxy) is 1. The molecule has 89 heavy (non-hydrogen) atoms. The lowest BCUT2D eigenvalue weighted by molar-refractivity contribution is -0.870. The Morgan fingerprint density at radius 3 is 1.04 bits per heavy atom. The molecule has 3 unspecified atom stereocenters. The second kappa shape index (κ2) is 68.3. The van der Waals surface area contributed by atoms with Gasteiger partial charge in [0.15, 0.2) is 0 Å². The highest BCUT2D eigenvalue weighted by Gasteiger charge is 2.27. The number of amides is 1. The minimum Gasteiger partial charge on any atom is -0.756 e. The first-order valence-corrected chi connectivity index (χ1v) is 39.7. The molecule has 9 nitrogen and oxygen atoms in total. The van der Waals surface area contributed by atoms with Crippen LogP contribution in [0.15, 0.2) is 72.9 Å². The average molecular weight is 1270 g/mol. The Morgan fingerprint density at radius 1 is 0.393 bits per heavy atom. The third-order valence-electron chi connectivity index (χ3n) is 17.1. The van der Waals surface area contributed by atoms with Gasteiger partial charge in [0.1, 0.15) is 19.3 Å². The van der Waals surface area contributed by atoms with Crippen molar-refractivity contribution >= 4 is 19.7 Å². The Bertz CT molecular complexity index is 1750. The number of hydrogen-bond acceptors (Lipinski definition) is 7. The quantitative estimate of drug-likeness (QED) is 0.0212. The summed E-state index contributed by atoms with van der Waals surface area (Å²) in [4.78, 5) is 40.3. The van der Waals surface area contributed by atoms with Gasteiger partial charge in [-0.15, -0.1) is 0 Å². The number of quaternary nitrogens is 1. The van der Waals surface area contributed by atoms with Gasteiger partial charge in [-0.05, 0) is 102 Å². The normalized spacial score (nSPS) is 13.8. The van der Waals surface area contributed by atoms with Gasteiger partial charge in [0.25, 0.3) is 7.82 Å². The SMILES string of the molecule is CCCCC/C=C\C/C=C\C/C=C\CCCCCCCCCCCCC(=O)NC(COP(=O)([O-])OCC[N+](C)(C)C)C(/C=C/CCCCCCCCCCCCC)OC(=O)CCCCCCCCCCCCCCCCCCC/C=C\C/C=C\CCCCC. The number of carbonyl (C=O) groups is 2. The number of likely N-dealkylation sites (N-methyl/N-ethyl adjacent to an activating group) is 1. The smallest absolute Gasteiger partial charge is 0.306 e. The summed E-state index contributed by atoms with van der Waals surface area (Å²) in [5.74, 6) is -0.531. The van der Waals surface area contributed by atoms with E-state index in [-0.39, 0.29) is 31.5 Å². The Morgan fingerprint density at radius 2 is 0.685 bits per heavy atom. The van der Waals surface area contributed by atoms with Crippen molar-refractivity contribution in [2.45, 2.75) is 380 Å². The third-order valence-corrected chi connectivity index (χ3v) is 18.1. The van der Waals surface area contributed by atoms with Crippen molar-refractivity contribution in [3.05, 3.63) is 72.9 Å². The summed E-state index contributed by atoms with van der Waals surface area (Å²) in [6.45, 7) is 6.84. The summed E-state index contributed by atoms with van der Waals surface area (Å²) >= 11 is 0. The van der Waals surface area contributed by atoms with Crippen molar-refractivity contribution in [1.82, 2.24) is 5.32 Å². The van der Waals surface area contributed by atoms with Gasteiger partial charge in [0.2, 0.25) is 5.91 Å². The van der Waals surface area contributed by atoms with E-state index in [2.05, 4.69) is 86.8 Å². The summed E-state index contributed by atoms with van der Waals surface area (Å²) in [6.07, 6.45) is 90.3. The van der Waals surface area contributed by atoms with Crippen LogP contribution in [0.4, 0.5) is 0 Å². The molecule has 1 amide bonds. The van der Waals surface area contributed by atoms with Gasteiger partial charge < -0.3 is 28.5 Å². The van der Waals surface area contributed by atoms with Crippen LogP contribution in [0.2, 0.25) is 0 Å². The summed E-state index contributed by atoms with van der Waals surface area (Å²) in [5, 5.41) is 3.05. The van der Waals surface area contributed by atoms with Crippen molar-refractivity contribution in [1.29, 1.82) is 0 Å². The molecule has 0 aliphatic rings. The number of nitrogens with zero attached hydrogens (tertiary/aromatic N) is 1. The van der Waals surface area contributed by atoms with Gasteiger partial charge in [-0.25, -0.2) is 0 Å². The van der Waals surface area contributed by atoms with E-state index in [4.69, 9.17) is 13.8 Å². The van der Waals surface area contributed by atoms with Crippen molar-refractivity contribution in [3.8, 4) is 0 Å². The van der Waals surface area contributed by atoms with Crippen LogP contribution < -0.4 is 10.2 Å². The number of rotatable bonds is 70. The largest absolute Gasteiger partial charge is 0.756 e. The minimum atomic E-state index is -4.71. The number of carbonyl (C=O) groups excluding carboxylic acids is 2. The first-order chi connectivity index (χ1) is 43.4. The third kappa shape index (κ3) is 69.6. The molecule has 0 aromatic rings. The number of hydrogen-bond donors (Lipinski definition) is 1. The maximum absolute atomic E-state index is 13.6. The molecule has 10 heteroatoms. The average Bonchev–Trinajstić information content (AvgIpc) is 3.64. The van der Waals surface area contributed by atoms with Crippen molar-refractivity contribution < 1.29 is 37.3 Å². The van der Waals surface area contributed by atoms with Gasteiger partial charge in [-0.2, -0.15) is 0 Å². The van der Waals surface area contributed by atoms with E-state index in [1.165, 1.54) is 244 Å². The van der Waals surface area contributed by atoms with Gasteiger partial charge in [-0.3, -0.25) is 14.2 Å². The minimum absolute atomic E-state index is 0.0234. The lowest BCUT2D eigenvalue weighted by Gasteiger charge is -2.30. The lowest BCUT2D eigenvalue weighted by Crippen LogP contribution is -2.47. The van der Waals surface area contributed by atoms with E-state index in [0.717, 1.165) is 89.9 Å². The maximum Gasteiger partial charge on any atom is 0.306 e. The molecule has 0 radical (unpaired) electrons. The molecular weight excluding hydrogens is 1120 g/mol. The first kappa shape index (κ1) is 86.5. The van der Waals surface area contributed by atoms with E-state index in [0.29, 0.717) is 17.4 Å². The molecule has 0 rings (SSSR count). The van der Waals surface area contributed by atoms with Gasteiger partial charge in [-0.1, -0.05) is 325 Å². The monoisotopic (exact) mass is 1270 g/mol. The van der Waals surface area contributed by atoms with E-state index >= 15 is 0 Å². The van der Waals surface area contributed by atoms with Crippen molar-refractivity contribution in [2.24, 2.45) is 0 Å². The summed E-state index contributed by atoms with van der Waals surface area (Å²) < 4.78 is 30.5. The Kier molecular flexibility index (Phi) is 66.4. The molecule has 520 valence electrons. The van der Waals surface area contributed by atoms with Gasteiger partial charge >= 0.3 is 5.97 Å². The number of esters is 1. The fraction of sp³-hybridized carbons (Fsp3) is 0.823. The Hall–Kier alpha value is -2.55. The molecular formula is C79H147N2O7P. The first-order valence-electron chi connectivity index (χ1n) is 38.2. The highest BCUT2D eigenvalue weighted by Crippen LogP contribution is 2.38. The van der Waals surface area contributed by atoms with Crippen LogP contribution in [-0.2, 0) is 27.9 Å². The van der Waals surface area contributed by atoms with Crippen LogP contribution in [0.5, 0.6) is 0 Å². The van der Waals surface area contributed by atoms with Crippen LogP contribution in [-0.4, -0.2) is 69.4 Å². The zero-order valence-electron chi connectivity index (χ0n) is 59.6. The van der Waals surface area contributed by atoms with E-state index in [1.807, 2.05) is 33.3 Å². The van der Waals surface area contributed by atoms with Gasteiger partial charge in [0, 0.05) is 12.8 Å². The molecule has 0 spiro atoms. The van der Waals surface area contributed by atoms with Crippen LogP contribution >= 0.6 is 7.82 Å². The fourth-order valence-corrected chi connectivity index (χ4v) is 11.9.